The van der Waals surface area contributed by atoms with Gasteiger partial charge in [-0.25, -0.2) is 14.8 Å². The number of carbonyl (C=O) groups is 3. The van der Waals surface area contributed by atoms with Crippen LogP contribution in [0.2, 0.25) is 0 Å². The molecule has 3 aliphatic rings. The van der Waals surface area contributed by atoms with Crippen LogP contribution in [-0.2, 0) is 32.2 Å². The van der Waals surface area contributed by atoms with Crippen molar-refractivity contribution in [2.45, 2.75) is 112 Å². The number of fused-ring (bicyclic) bond motifs is 2. The zero-order valence-corrected chi connectivity index (χ0v) is 38.1. The summed E-state index contributed by atoms with van der Waals surface area (Å²) in [7, 11) is 0. The Morgan fingerprint density at radius 1 is 0.733 bits per heavy atom. The van der Waals surface area contributed by atoms with Crippen molar-refractivity contribution in [3.05, 3.63) is 104 Å². The van der Waals surface area contributed by atoms with Gasteiger partial charge >= 0.3 is 5.97 Å². The van der Waals surface area contributed by atoms with E-state index < -0.39 is 5.97 Å². The van der Waals surface area contributed by atoms with E-state index in [0.717, 1.165) is 82.1 Å². The number of amides is 2. The molecule has 3 aromatic rings. The zero-order chi connectivity index (χ0) is 42.6. The molecule has 0 saturated carbocycles. The number of rotatable bonds is 21. The van der Waals surface area contributed by atoms with Crippen molar-refractivity contribution >= 4 is 64.8 Å². The molecular weight excluding hydrogens is 831 g/mol. The molecule has 9 nitrogen and oxygen atoms in total. The smallest absolute Gasteiger partial charge is 0.350 e. The highest BCUT2D eigenvalue weighted by atomic mass is 32.2. The lowest BCUT2D eigenvalue weighted by atomic mass is 10.0. The Kier molecular flexibility index (Phi) is 16.6. The molecule has 0 aliphatic carbocycles. The maximum atomic E-state index is 14.6. The van der Waals surface area contributed by atoms with Gasteiger partial charge in [-0.05, 0) is 35.8 Å². The number of carbonyl (C=O) groups excluding carboxylic acids is 3. The summed E-state index contributed by atoms with van der Waals surface area (Å²) in [5, 5.41) is 13.4. The molecule has 0 N–H and O–H groups in total. The standard InChI is InChI=1S/C47H53N3O6S4/c1-6-11-19-31(9-4)29-55-37-39-40(58-46(57-39)35(26-48)45(53)54-25-8-3)38(56-30-32(10-5)20-12-7-2)42-41(37)59-47(60-42)36-43(51)49(27-33-21-15-13-16-22-33)50(44(36)52)28-34-23-17-14-18-24-34/h8,13-18,21-24,31-32H,3,6-7,9-12,19-20,25,27-30H2,1-2,4-5H3. The lowest BCUT2D eigenvalue weighted by Gasteiger charge is -2.27. The van der Waals surface area contributed by atoms with Gasteiger partial charge in [0, 0.05) is 0 Å². The Labute approximate surface area is 371 Å². The molecule has 2 unspecified atom stereocenters. The fourth-order valence-corrected chi connectivity index (χ4v) is 12.5. The van der Waals surface area contributed by atoms with Crippen molar-refractivity contribution in [1.29, 1.82) is 5.26 Å². The first kappa shape index (κ1) is 45.3. The van der Waals surface area contributed by atoms with Crippen LogP contribution in [0.25, 0.3) is 0 Å². The number of nitriles is 1. The third-order valence-corrected chi connectivity index (χ3v) is 15.8. The third kappa shape index (κ3) is 10.4. The second kappa shape index (κ2) is 22.0. The maximum Gasteiger partial charge on any atom is 0.350 e. The van der Waals surface area contributed by atoms with Gasteiger partial charge in [-0.1, -0.05) is 187 Å². The lowest BCUT2D eigenvalue weighted by molar-refractivity contribution is -0.149. The fourth-order valence-electron chi connectivity index (χ4n) is 7.02. The molecular formula is C47H53N3O6S4. The first-order chi connectivity index (χ1) is 29.3. The van der Waals surface area contributed by atoms with E-state index in [1.807, 2.05) is 60.7 Å². The molecule has 0 aromatic heterocycles. The van der Waals surface area contributed by atoms with E-state index in [4.69, 9.17) is 14.2 Å². The maximum absolute atomic E-state index is 14.6. The predicted octanol–water partition coefficient (Wildman–Crippen LogP) is 11.9. The molecule has 2 atom stereocenters. The number of hydrazine groups is 1. The number of nitrogens with zero attached hydrogens (tertiary/aromatic N) is 3. The van der Waals surface area contributed by atoms with Crippen LogP contribution in [0.15, 0.2) is 113 Å². The Balaban J connectivity index is 1.48. The van der Waals surface area contributed by atoms with Gasteiger partial charge in [-0.2, -0.15) is 5.26 Å². The SMILES string of the molecule is C=CCOC(=O)C(C#N)=C1Sc2c(OCC(CC)CCCC)c3c(c(OCC(CC)CCCC)c2S1)SC(=C1C(=O)N(Cc2ccccc2)N(Cc2ccccc2)C1=O)S3. The summed E-state index contributed by atoms with van der Waals surface area (Å²) in [4.78, 5) is 45.5. The number of hydrogen-bond donors (Lipinski definition) is 0. The molecule has 1 fully saturated rings. The monoisotopic (exact) mass is 883 g/mol. The molecule has 1 saturated heterocycles. The largest absolute Gasteiger partial charge is 0.491 e. The average molecular weight is 884 g/mol. The Hall–Kier alpha value is -4.22. The van der Waals surface area contributed by atoms with Crippen LogP contribution < -0.4 is 9.47 Å². The highest BCUT2D eigenvalue weighted by molar-refractivity contribution is 8.26. The molecule has 0 radical (unpaired) electrons. The normalized spacial score (nSPS) is 15.5. The van der Waals surface area contributed by atoms with Gasteiger partial charge in [0.15, 0.2) is 5.57 Å². The van der Waals surface area contributed by atoms with E-state index in [-0.39, 0.29) is 42.7 Å². The number of unbranched alkanes of at least 4 members (excludes halogenated alkanes) is 2. The third-order valence-electron chi connectivity index (χ3n) is 10.6. The summed E-state index contributed by atoms with van der Waals surface area (Å²) in [5.41, 5.74) is 1.84. The van der Waals surface area contributed by atoms with E-state index in [1.54, 1.807) is 10.0 Å². The van der Waals surface area contributed by atoms with Gasteiger partial charge < -0.3 is 14.2 Å². The number of thioether (sulfide) groups is 4. The van der Waals surface area contributed by atoms with Crippen molar-refractivity contribution in [2.75, 3.05) is 19.8 Å². The molecule has 13 heteroatoms. The number of benzene rings is 3. The summed E-state index contributed by atoms with van der Waals surface area (Å²) in [5.74, 6) is 0.394. The number of ether oxygens (including phenoxy) is 3. The van der Waals surface area contributed by atoms with Crippen molar-refractivity contribution in [1.82, 2.24) is 10.0 Å². The molecule has 3 aliphatic heterocycles. The first-order valence-electron chi connectivity index (χ1n) is 20.8. The summed E-state index contributed by atoms with van der Waals surface area (Å²) >= 11 is 5.34. The van der Waals surface area contributed by atoms with E-state index in [9.17, 15) is 19.6 Å². The number of hydrogen-bond acceptors (Lipinski definition) is 11. The van der Waals surface area contributed by atoms with E-state index in [1.165, 1.54) is 53.1 Å². The van der Waals surface area contributed by atoms with Crippen LogP contribution in [0.5, 0.6) is 11.5 Å². The molecule has 0 bridgehead atoms. The minimum Gasteiger partial charge on any atom is -0.491 e. The minimum absolute atomic E-state index is 0.0172. The van der Waals surface area contributed by atoms with E-state index in [0.29, 0.717) is 45.0 Å². The van der Waals surface area contributed by atoms with Gasteiger partial charge in [0.25, 0.3) is 11.8 Å². The van der Waals surface area contributed by atoms with Gasteiger partial charge in [0.1, 0.15) is 29.7 Å². The van der Waals surface area contributed by atoms with E-state index in [2.05, 4.69) is 40.3 Å². The van der Waals surface area contributed by atoms with Gasteiger partial charge in [0.05, 0.1) is 54.4 Å². The van der Waals surface area contributed by atoms with Gasteiger partial charge in [-0.15, -0.1) is 0 Å². The molecule has 60 heavy (non-hydrogen) atoms. The Bertz CT molecular complexity index is 2030. The molecule has 3 heterocycles. The van der Waals surface area contributed by atoms with Crippen LogP contribution >= 0.6 is 47.0 Å². The first-order valence-corrected chi connectivity index (χ1v) is 24.1. The minimum atomic E-state index is -0.719. The molecule has 3 aromatic carbocycles. The van der Waals surface area contributed by atoms with Crippen LogP contribution in [0.4, 0.5) is 0 Å². The lowest BCUT2D eigenvalue weighted by Crippen LogP contribution is -2.39. The molecule has 316 valence electrons. The molecule has 0 spiro atoms. The van der Waals surface area contributed by atoms with E-state index >= 15 is 0 Å². The Morgan fingerprint density at radius 3 is 1.58 bits per heavy atom. The predicted molar refractivity (Wildman–Crippen MR) is 242 cm³/mol. The topological polar surface area (TPSA) is 109 Å². The summed E-state index contributed by atoms with van der Waals surface area (Å²) < 4.78 is 20.1. The molecule has 2 amide bonds. The molecule has 6 rings (SSSR count). The Morgan fingerprint density at radius 2 is 1.18 bits per heavy atom. The van der Waals surface area contributed by atoms with Crippen LogP contribution in [0, 0.1) is 23.2 Å². The summed E-state index contributed by atoms with van der Waals surface area (Å²) in [6, 6.07) is 21.5. The number of esters is 1. The van der Waals surface area contributed by atoms with Gasteiger partial charge in [-0.3, -0.25) is 9.59 Å². The fraction of sp³-hybridized carbons (Fsp3) is 0.404. The van der Waals surface area contributed by atoms with Crippen molar-refractivity contribution in [3.8, 4) is 17.6 Å². The van der Waals surface area contributed by atoms with Crippen LogP contribution in [-0.4, -0.2) is 47.6 Å². The second-order valence-corrected chi connectivity index (χ2v) is 19.5. The van der Waals surface area contributed by atoms with Gasteiger partial charge in [0.2, 0.25) is 0 Å². The van der Waals surface area contributed by atoms with Crippen molar-refractivity contribution in [3.63, 3.8) is 0 Å². The highest BCUT2D eigenvalue weighted by Crippen LogP contribution is 2.68. The zero-order valence-electron chi connectivity index (χ0n) is 34.8. The summed E-state index contributed by atoms with van der Waals surface area (Å²) in [6.07, 6.45) is 9.72. The van der Waals surface area contributed by atoms with Crippen molar-refractivity contribution < 1.29 is 28.6 Å². The van der Waals surface area contributed by atoms with Crippen molar-refractivity contribution in [2.24, 2.45) is 11.8 Å². The quantitative estimate of drug-likeness (QED) is 0.0335. The summed E-state index contributed by atoms with van der Waals surface area (Å²) in [6.45, 7) is 13.7. The highest BCUT2D eigenvalue weighted by Gasteiger charge is 2.47. The second-order valence-electron chi connectivity index (χ2n) is 14.9. The average Bonchev–Trinajstić information content (AvgIpc) is 3.96. The van der Waals surface area contributed by atoms with Crippen LogP contribution in [0.1, 0.15) is 90.2 Å². The van der Waals surface area contributed by atoms with Crippen LogP contribution in [0.3, 0.4) is 0 Å².